The summed E-state index contributed by atoms with van der Waals surface area (Å²) in [7, 11) is 0. The normalized spacial score (nSPS) is 12.6. The molecule has 138 valence electrons. The number of amides is 1. The van der Waals surface area contributed by atoms with E-state index >= 15 is 0 Å². The van der Waals surface area contributed by atoms with Gasteiger partial charge in [0.25, 0.3) is 0 Å². The van der Waals surface area contributed by atoms with Gasteiger partial charge in [-0.3, -0.25) is 4.79 Å². The lowest BCUT2D eigenvalue weighted by atomic mass is 10.0. The van der Waals surface area contributed by atoms with Gasteiger partial charge in [-0.15, -0.1) is 0 Å². The Hall–Kier alpha value is -2.86. The van der Waals surface area contributed by atoms with E-state index in [2.05, 4.69) is 0 Å². The number of aliphatic carboxylic acids is 1. The molecule has 0 unspecified atom stereocenters. The van der Waals surface area contributed by atoms with Gasteiger partial charge in [-0.2, -0.15) is 26.3 Å². The third kappa shape index (κ3) is 3.21. The molecule has 0 aliphatic rings. The first kappa shape index (κ1) is 20.2. The molecule has 25 heavy (non-hydrogen) atoms. The Balaban J connectivity index is 3.31. The van der Waals surface area contributed by atoms with Gasteiger partial charge in [0.15, 0.2) is 0 Å². The van der Waals surface area contributed by atoms with Crippen molar-refractivity contribution in [3.8, 4) is 0 Å². The summed E-state index contributed by atoms with van der Waals surface area (Å²) < 4.78 is 92.2. The highest BCUT2D eigenvalue weighted by molar-refractivity contribution is 6.03. The molecule has 13 heteroatoms. The zero-order valence-corrected chi connectivity index (χ0v) is 11.5. The summed E-state index contributed by atoms with van der Waals surface area (Å²) in [4.78, 5) is 32.1. The van der Waals surface area contributed by atoms with Gasteiger partial charge in [-0.1, -0.05) is 6.07 Å². The van der Waals surface area contributed by atoms with Gasteiger partial charge < -0.3 is 15.5 Å². The number of carboxylic acid groups (broad SMARTS) is 2. The summed E-state index contributed by atoms with van der Waals surface area (Å²) in [6.45, 7) is 0. The van der Waals surface area contributed by atoms with Crippen LogP contribution in [-0.2, 0) is 9.59 Å². The van der Waals surface area contributed by atoms with Crippen molar-refractivity contribution in [3.63, 3.8) is 0 Å². The van der Waals surface area contributed by atoms with Crippen molar-refractivity contribution in [1.29, 1.82) is 0 Å². The van der Waals surface area contributed by atoms with E-state index in [1.165, 1.54) is 0 Å². The van der Waals surface area contributed by atoms with Gasteiger partial charge in [-0.05, 0) is 12.1 Å². The van der Waals surface area contributed by atoms with Crippen LogP contribution in [0.25, 0.3) is 0 Å². The zero-order chi connectivity index (χ0) is 19.8. The van der Waals surface area contributed by atoms with Crippen molar-refractivity contribution >= 4 is 23.5 Å². The molecule has 0 aromatic heterocycles. The summed E-state index contributed by atoms with van der Waals surface area (Å²) in [5.74, 6) is -29.7. The smallest absolute Gasteiger partial charge is 0.411 e. The van der Waals surface area contributed by atoms with Crippen LogP contribution in [-0.4, -0.2) is 45.8 Å². The van der Waals surface area contributed by atoms with E-state index in [1.807, 2.05) is 0 Å². The quantitative estimate of drug-likeness (QED) is 0.661. The molecule has 0 heterocycles. The summed E-state index contributed by atoms with van der Waals surface area (Å²) >= 11 is 0. The maximum absolute atomic E-state index is 13.4. The minimum Gasteiger partial charge on any atom is -0.478 e. The van der Waals surface area contributed by atoms with Crippen LogP contribution in [0.5, 0.6) is 0 Å². The molecule has 1 amide bonds. The van der Waals surface area contributed by atoms with Crippen LogP contribution < -0.4 is 5.32 Å². The second-order valence-corrected chi connectivity index (χ2v) is 4.45. The van der Waals surface area contributed by atoms with Gasteiger partial charge in [0.2, 0.25) is 0 Å². The average molecular weight is 377 g/mol. The third-order valence-corrected chi connectivity index (χ3v) is 2.82. The Labute approximate surface area is 132 Å². The fourth-order valence-corrected chi connectivity index (χ4v) is 1.52. The molecule has 3 N–H and O–H groups in total. The van der Waals surface area contributed by atoms with Crippen molar-refractivity contribution in [2.75, 3.05) is 5.32 Å². The van der Waals surface area contributed by atoms with Crippen LogP contribution in [0.1, 0.15) is 10.4 Å². The number of nitrogens with one attached hydrogen (secondary N) is 1. The van der Waals surface area contributed by atoms with Crippen molar-refractivity contribution < 1.29 is 55.3 Å². The maximum atomic E-state index is 13.4. The number of hydrogen-bond acceptors (Lipinski definition) is 3. The van der Waals surface area contributed by atoms with E-state index in [9.17, 15) is 45.1 Å². The molecule has 0 atom stereocenters. The molecule has 0 spiro atoms. The molecular formula is C12H6F7NO5. The third-order valence-electron chi connectivity index (χ3n) is 2.82. The van der Waals surface area contributed by atoms with Crippen LogP contribution in [0.2, 0.25) is 0 Å². The first-order chi connectivity index (χ1) is 11.2. The molecule has 0 fully saturated rings. The van der Waals surface area contributed by atoms with Gasteiger partial charge in [-0.25, -0.2) is 14.0 Å². The number of carbonyl (C=O) groups is 3. The van der Waals surface area contributed by atoms with Crippen molar-refractivity contribution in [3.05, 3.63) is 29.6 Å². The fraction of sp³-hybridized carbons (Fsp3) is 0.250. The molecular weight excluding hydrogens is 371 g/mol. The minimum atomic E-state index is -6.67. The molecule has 1 rings (SSSR count). The highest BCUT2D eigenvalue weighted by Crippen LogP contribution is 2.46. The molecule has 0 aliphatic carbocycles. The van der Waals surface area contributed by atoms with E-state index in [0.717, 1.165) is 5.32 Å². The zero-order valence-electron chi connectivity index (χ0n) is 11.5. The predicted molar refractivity (Wildman–Crippen MR) is 64.5 cm³/mol. The summed E-state index contributed by atoms with van der Waals surface area (Å²) in [6.07, 6.45) is 0. The van der Waals surface area contributed by atoms with E-state index in [-0.39, 0.29) is 0 Å². The Kier molecular flexibility index (Phi) is 5.02. The second kappa shape index (κ2) is 6.22. The van der Waals surface area contributed by atoms with Crippen molar-refractivity contribution in [2.45, 2.75) is 17.8 Å². The molecule has 0 saturated heterocycles. The Bertz CT molecular complexity index is 735. The summed E-state index contributed by atoms with van der Waals surface area (Å²) in [5.41, 5.74) is -2.63. The molecule has 1 aromatic carbocycles. The van der Waals surface area contributed by atoms with Crippen LogP contribution >= 0.6 is 0 Å². The average Bonchev–Trinajstić information content (AvgIpc) is 2.45. The first-order valence-electron chi connectivity index (χ1n) is 5.88. The van der Waals surface area contributed by atoms with Crippen LogP contribution in [0.15, 0.2) is 18.2 Å². The lowest BCUT2D eigenvalue weighted by Crippen LogP contribution is -2.62. The molecule has 0 radical (unpaired) electrons. The molecule has 1 aromatic rings. The number of anilines is 1. The van der Waals surface area contributed by atoms with Crippen LogP contribution in [0.4, 0.5) is 36.4 Å². The Morgan fingerprint density at radius 2 is 1.44 bits per heavy atom. The molecule has 0 aliphatic heterocycles. The molecule has 6 nitrogen and oxygen atoms in total. The number of halogens is 7. The minimum absolute atomic E-state index is 0.522. The number of carbonyl (C=O) groups excluding carboxylic acids is 1. The van der Waals surface area contributed by atoms with Gasteiger partial charge >= 0.3 is 35.6 Å². The lowest BCUT2D eigenvalue weighted by molar-refractivity contribution is -0.291. The topological polar surface area (TPSA) is 104 Å². The van der Waals surface area contributed by atoms with Gasteiger partial charge in [0.05, 0.1) is 5.69 Å². The van der Waals surface area contributed by atoms with Crippen molar-refractivity contribution in [2.24, 2.45) is 0 Å². The highest BCUT2D eigenvalue weighted by atomic mass is 19.3. The highest BCUT2D eigenvalue weighted by Gasteiger charge is 2.78. The molecule has 0 bridgehead atoms. The van der Waals surface area contributed by atoms with Crippen LogP contribution in [0.3, 0.4) is 0 Å². The number of benzene rings is 1. The van der Waals surface area contributed by atoms with Crippen molar-refractivity contribution in [1.82, 2.24) is 0 Å². The van der Waals surface area contributed by atoms with E-state index in [1.54, 1.807) is 0 Å². The monoisotopic (exact) mass is 377 g/mol. The molecule has 0 saturated carbocycles. The van der Waals surface area contributed by atoms with Crippen LogP contribution in [0, 0.1) is 5.82 Å². The van der Waals surface area contributed by atoms with E-state index in [4.69, 9.17) is 10.2 Å². The number of hydrogen-bond donors (Lipinski definition) is 3. The Morgan fingerprint density at radius 1 is 0.920 bits per heavy atom. The first-order valence-corrected chi connectivity index (χ1v) is 5.88. The summed E-state index contributed by atoms with van der Waals surface area (Å²) in [6, 6.07) is 1.76. The fourth-order valence-electron chi connectivity index (χ4n) is 1.52. The van der Waals surface area contributed by atoms with E-state index < -0.39 is 52.7 Å². The van der Waals surface area contributed by atoms with Gasteiger partial charge in [0.1, 0.15) is 11.4 Å². The number of carboxylic acids is 2. The number of rotatable bonds is 6. The standard InChI is InChI=1S/C12H6F7NO5/c13-4-2-1-3-5(6(4)7(21)22)20-8(23)10(14,15)12(18,19)11(16,17)9(24)25/h1-3H,(H,20,23)(H,21,22)(H,24,25). The van der Waals surface area contributed by atoms with E-state index in [0.29, 0.717) is 18.2 Å². The predicted octanol–water partition coefficient (Wildman–Crippen LogP) is 2.45. The second-order valence-electron chi connectivity index (χ2n) is 4.45. The largest absolute Gasteiger partial charge is 0.478 e. The number of aromatic carboxylic acids is 1. The number of alkyl halides is 6. The Morgan fingerprint density at radius 3 is 1.88 bits per heavy atom. The van der Waals surface area contributed by atoms with Gasteiger partial charge in [0, 0.05) is 0 Å². The summed E-state index contributed by atoms with van der Waals surface area (Å²) in [5, 5.41) is 17.5. The maximum Gasteiger partial charge on any atom is 0.411 e. The SMILES string of the molecule is O=C(O)c1c(F)cccc1NC(=O)C(F)(F)C(F)(F)C(F)(F)C(=O)O. The lowest BCUT2D eigenvalue weighted by Gasteiger charge is -2.29.